The van der Waals surface area contributed by atoms with E-state index in [0.29, 0.717) is 17.8 Å². The van der Waals surface area contributed by atoms with Crippen LogP contribution >= 0.6 is 0 Å². The lowest BCUT2D eigenvalue weighted by Crippen LogP contribution is -2.25. The van der Waals surface area contributed by atoms with Crippen LogP contribution in [0.5, 0.6) is 0 Å². The molecule has 142 valence electrons. The first-order valence-electron chi connectivity index (χ1n) is 9.19. The summed E-state index contributed by atoms with van der Waals surface area (Å²) in [6, 6.07) is 14.8. The maximum absolute atomic E-state index is 12.5. The van der Waals surface area contributed by atoms with Crippen LogP contribution in [0.25, 0.3) is 0 Å². The predicted octanol–water partition coefficient (Wildman–Crippen LogP) is 4.11. The van der Waals surface area contributed by atoms with E-state index in [1.165, 1.54) is 30.5 Å². The predicted molar refractivity (Wildman–Crippen MR) is 107 cm³/mol. The standard InChI is InChI=1S/C21H24N2O3S/c24-21(22-15-14-17-8-3-1-4-9-17)18-10-7-13-20(16-18)27(25,26)23-19-11-5-2-6-12-19/h2,5-8,10-13,16,23H,1,3-4,9,14-15H2,(H,22,24). The molecule has 0 spiro atoms. The molecule has 0 aliphatic heterocycles. The first-order chi connectivity index (χ1) is 13.0. The van der Waals surface area contributed by atoms with Gasteiger partial charge in [0.15, 0.2) is 0 Å². The van der Waals surface area contributed by atoms with Gasteiger partial charge >= 0.3 is 0 Å². The molecule has 0 heterocycles. The molecule has 0 unspecified atom stereocenters. The molecule has 1 aliphatic rings. The lowest BCUT2D eigenvalue weighted by molar-refractivity contribution is 0.0954. The Morgan fingerprint density at radius 2 is 1.81 bits per heavy atom. The first kappa shape index (κ1) is 19.2. The largest absolute Gasteiger partial charge is 0.352 e. The summed E-state index contributed by atoms with van der Waals surface area (Å²) in [4.78, 5) is 12.4. The molecule has 0 atom stereocenters. The van der Waals surface area contributed by atoms with Crippen molar-refractivity contribution in [2.45, 2.75) is 37.0 Å². The van der Waals surface area contributed by atoms with Crippen molar-refractivity contribution in [2.24, 2.45) is 0 Å². The van der Waals surface area contributed by atoms with Crippen molar-refractivity contribution in [3.05, 3.63) is 71.8 Å². The minimum absolute atomic E-state index is 0.0639. The highest BCUT2D eigenvalue weighted by molar-refractivity contribution is 7.92. The number of sulfonamides is 1. The summed E-state index contributed by atoms with van der Waals surface area (Å²) in [6.45, 7) is 0.559. The van der Waals surface area contributed by atoms with Crippen molar-refractivity contribution in [3.63, 3.8) is 0 Å². The van der Waals surface area contributed by atoms with Gasteiger partial charge in [0.2, 0.25) is 0 Å². The van der Waals surface area contributed by atoms with Gasteiger partial charge in [-0.05, 0) is 62.4 Å². The Hall–Kier alpha value is -2.60. The van der Waals surface area contributed by atoms with E-state index in [9.17, 15) is 13.2 Å². The van der Waals surface area contributed by atoms with Gasteiger partial charge in [0.1, 0.15) is 0 Å². The number of carbonyl (C=O) groups excluding carboxylic acids is 1. The van der Waals surface area contributed by atoms with Crippen LogP contribution in [0.15, 0.2) is 71.1 Å². The van der Waals surface area contributed by atoms with E-state index in [-0.39, 0.29) is 10.8 Å². The highest BCUT2D eigenvalue weighted by Crippen LogP contribution is 2.20. The Morgan fingerprint density at radius 1 is 1.00 bits per heavy atom. The fraction of sp³-hybridized carbons (Fsp3) is 0.286. The summed E-state index contributed by atoms with van der Waals surface area (Å²) in [7, 11) is -3.75. The van der Waals surface area contributed by atoms with Crippen LogP contribution in [-0.4, -0.2) is 20.9 Å². The number of carbonyl (C=O) groups is 1. The highest BCUT2D eigenvalue weighted by atomic mass is 32.2. The molecule has 0 saturated heterocycles. The van der Waals surface area contributed by atoms with E-state index in [2.05, 4.69) is 16.1 Å². The van der Waals surface area contributed by atoms with Crippen molar-refractivity contribution in [2.75, 3.05) is 11.3 Å². The molecule has 0 aromatic heterocycles. The van der Waals surface area contributed by atoms with Crippen LogP contribution in [0, 0.1) is 0 Å². The van der Waals surface area contributed by atoms with Gasteiger partial charge in [-0.25, -0.2) is 8.42 Å². The van der Waals surface area contributed by atoms with E-state index >= 15 is 0 Å². The Bertz CT molecular complexity index is 921. The number of anilines is 1. The number of nitrogens with one attached hydrogen (secondary N) is 2. The minimum atomic E-state index is -3.75. The van der Waals surface area contributed by atoms with Crippen LogP contribution in [-0.2, 0) is 10.0 Å². The molecule has 1 aliphatic carbocycles. The van der Waals surface area contributed by atoms with Gasteiger partial charge < -0.3 is 5.32 Å². The van der Waals surface area contributed by atoms with Crippen LogP contribution in [0.3, 0.4) is 0 Å². The molecular weight excluding hydrogens is 360 g/mol. The molecular formula is C21H24N2O3S. The zero-order valence-electron chi connectivity index (χ0n) is 15.1. The van der Waals surface area contributed by atoms with Crippen molar-refractivity contribution < 1.29 is 13.2 Å². The fourth-order valence-electron chi connectivity index (χ4n) is 3.10. The van der Waals surface area contributed by atoms with E-state index < -0.39 is 10.0 Å². The lowest BCUT2D eigenvalue weighted by atomic mass is 9.97. The number of rotatable bonds is 7. The second-order valence-electron chi connectivity index (χ2n) is 6.61. The van der Waals surface area contributed by atoms with Crippen LogP contribution < -0.4 is 10.0 Å². The molecule has 27 heavy (non-hydrogen) atoms. The van der Waals surface area contributed by atoms with Gasteiger partial charge in [-0.3, -0.25) is 9.52 Å². The van der Waals surface area contributed by atoms with Gasteiger partial charge in [0.25, 0.3) is 15.9 Å². The Kier molecular flexibility index (Phi) is 6.29. The molecule has 1 amide bonds. The van der Waals surface area contributed by atoms with E-state index in [4.69, 9.17) is 0 Å². The third-order valence-electron chi connectivity index (χ3n) is 4.55. The Morgan fingerprint density at radius 3 is 2.56 bits per heavy atom. The molecule has 0 bridgehead atoms. The van der Waals surface area contributed by atoms with Crippen molar-refractivity contribution in [1.29, 1.82) is 0 Å². The number of hydrogen-bond acceptors (Lipinski definition) is 3. The number of hydrogen-bond donors (Lipinski definition) is 2. The van der Waals surface area contributed by atoms with Gasteiger partial charge in [-0.15, -0.1) is 0 Å². The number of benzene rings is 2. The highest BCUT2D eigenvalue weighted by Gasteiger charge is 2.16. The van der Waals surface area contributed by atoms with Crippen molar-refractivity contribution in [3.8, 4) is 0 Å². The molecule has 0 fully saturated rings. The molecule has 3 rings (SSSR count). The summed E-state index contributed by atoms with van der Waals surface area (Å²) < 4.78 is 27.6. The van der Waals surface area contributed by atoms with Gasteiger partial charge in [-0.1, -0.05) is 35.9 Å². The fourth-order valence-corrected chi connectivity index (χ4v) is 4.20. The van der Waals surface area contributed by atoms with Gasteiger partial charge in [0.05, 0.1) is 4.90 Å². The number of amides is 1. The Balaban J connectivity index is 1.63. The van der Waals surface area contributed by atoms with E-state index in [0.717, 1.165) is 19.3 Å². The van der Waals surface area contributed by atoms with Crippen molar-refractivity contribution in [1.82, 2.24) is 5.32 Å². The maximum Gasteiger partial charge on any atom is 0.261 e. The molecule has 2 aromatic carbocycles. The average Bonchev–Trinajstić information content (AvgIpc) is 2.69. The van der Waals surface area contributed by atoms with Crippen LogP contribution in [0.1, 0.15) is 42.5 Å². The second kappa shape index (κ2) is 8.86. The summed E-state index contributed by atoms with van der Waals surface area (Å²) >= 11 is 0. The van der Waals surface area contributed by atoms with E-state index in [1.807, 2.05) is 6.07 Å². The van der Waals surface area contributed by atoms with E-state index in [1.54, 1.807) is 36.4 Å². The minimum Gasteiger partial charge on any atom is -0.352 e. The lowest BCUT2D eigenvalue weighted by Gasteiger charge is -2.13. The SMILES string of the molecule is O=C(NCCC1=CCCCC1)c1cccc(S(=O)(=O)Nc2ccccc2)c1. The second-order valence-corrected chi connectivity index (χ2v) is 8.30. The molecule has 0 saturated carbocycles. The topological polar surface area (TPSA) is 75.3 Å². The number of para-hydroxylation sites is 1. The van der Waals surface area contributed by atoms with Gasteiger partial charge in [-0.2, -0.15) is 0 Å². The van der Waals surface area contributed by atoms with Crippen LogP contribution in [0.2, 0.25) is 0 Å². The summed E-state index contributed by atoms with van der Waals surface area (Å²) in [5.74, 6) is -0.261. The van der Waals surface area contributed by atoms with Crippen molar-refractivity contribution >= 4 is 21.6 Å². The first-order valence-corrected chi connectivity index (χ1v) is 10.7. The third-order valence-corrected chi connectivity index (χ3v) is 5.93. The molecule has 2 N–H and O–H groups in total. The zero-order valence-corrected chi connectivity index (χ0v) is 16.0. The molecule has 0 radical (unpaired) electrons. The monoisotopic (exact) mass is 384 g/mol. The third kappa shape index (κ3) is 5.44. The normalized spacial score (nSPS) is 14.3. The maximum atomic E-state index is 12.5. The Labute approximate surface area is 160 Å². The quantitative estimate of drug-likeness (QED) is 0.706. The molecule has 5 nitrogen and oxygen atoms in total. The summed E-state index contributed by atoms with van der Waals surface area (Å²) in [5.41, 5.74) is 2.21. The average molecular weight is 385 g/mol. The summed E-state index contributed by atoms with van der Waals surface area (Å²) in [6.07, 6.45) is 7.80. The number of allylic oxidation sites excluding steroid dienone is 1. The zero-order chi connectivity index (χ0) is 19.1. The van der Waals surface area contributed by atoms with Crippen LogP contribution in [0.4, 0.5) is 5.69 Å². The molecule has 2 aromatic rings. The smallest absolute Gasteiger partial charge is 0.261 e. The molecule has 6 heteroatoms. The van der Waals surface area contributed by atoms with Gasteiger partial charge in [0, 0.05) is 17.8 Å². The summed E-state index contributed by atoms with van der Waals surface area (Å²) in [5, 5.41) is 2.88.